The number of anilines is 1. The van der Waals surface area contributed by atoms with Crippen LogP contribution >= 0.6 is 23.2 Å². The smallest absolute Gasteiger partial charge is 0.255 e. The van der Waals surface area contributed by atoms with Crippen molar-refractivity contribution in [2.75, 3.05) is 11.9 Å². The molecule has 4 nitrogen and oxygen atoms in total. The van der Waals surface area contributed by atoms with Gasteiger partial charge >= 0.3 is 0 Å². The molecule has 0 saturated heterocycles. The zero-order valence-electron chi connectivity index (χ0n) is 12.1. The maximum Gasteiger partial charge on any atom is 0.255 e. The summed E-state index contributed by atoms with van der Waals surface area (Å²) in [5.74, 6) is 0.103. The van der Waals surface area contributed by atoms with Gasteiger partial charge < -0.3 is 10.1 Å². The highest BCUT2D eigenvalue weighted by atomic mass is 35.5. The van der Waals surface area contributed by atoms with Crippen LogP contribution in [0.4, 0.5) is 5.69 Å². The molecular weight excluding hydrogens is 323 g/mol. The van der Waals surface area contributed by atoms with Gasteiger partial charge in [0, 0.05) is 11.8 Å². The highest BCUT2D eigenvalue weighted by Crippen LogP contribution is 2.34. The molecule has 0 aliphatic rings. The molecule has 0 bridgehead atoms. The zero-order valence-corrected chi connectivity index (χ0v) is 13.6. The molecule has 2 aromatic rings. The van der Waals surface area contributed by atoms with Gasteiger partial charge in [-0.1, -0.05) is 36.5 Å². The number of aromatic nitrogens is 1. The van der Waals surface area contributed by atoms with Crippen molar-refractivity contribution in [2.24, 2.45) is 0 Å². The van der Waals surface area contributed by atoms with Crippen LogP contribution in [0.3, 0.4) is 0 Å². The summed E-state index contributed by atoms with van der Waals surface area (Å²) in [6, 6.07) is 6.57. The van der Waals surface area contributed by atoms with Crippen molar-refractivity contribution in [2.45, 2.75) is 19.8 Å². The van der Waals surface area contributed by atoms with Crippen molar-refractivity contribution in [3.8, 4) is 5.75 Å². The van der Waals surface area contributed by atoms with E-state index in [0.29, 0.717) is 33.7 Å². The number of carbonyl (C=O) groups is 1. The Morgan fingerprint density at radius 3 is 2.64 bits per heavy atom. The van der Waals surface area contributed by atoms with E-state index in [1.54, 1.807) is 36.7 Å². The average Bonchev–Trinajstić information content (AvgIpc) is 2.51. The molecule has 0 radical (unpaired) electrons. The lowest BCUT2D eigenvalue weighted by Gasteiger charge is -2.11. The number of hydrogen-bond acceptors (Lipinski definition) is 3. The van der Waals surface area contributed by atoms with Gasteiger partial charge in [0.1, 0.15) is 0 Å². The second kappa shape index (κ2) is 8.01. The van der Waals surface area contributed by atoms with E-state index < -0.39 is 0 Å². The van der Waals surface area contributed by atoms with E-state index in [0.717, 1.165) is 12.8 Å². The number of nitrogens with zero attached hydrogens (tertiary/aromatic N) is 1. The Morgan fingerprint density at radius 1 is 1.32 bits per heavy atom. The van der Waals surface area contributed by atoms with Crippen molar-refractivity contribution in [1.82, 2.24) is 4.98 Å². The fourth-order valence-electron chi connectivity index (χ4n) is 1.79. The maximum absolute atomic E-state index is 12.2. The van der Waals surface area contributed by atoms with Crippen molar-refractivity contribution < 1.29 is 9.53 Å². The molecule has 1 aromatic carbocycles. The van der Waals surface area contributed by atoms with Crippen molar-refractivity contribution in [3.63, 3.8) is 0 Å². The summed E-state index contributed by atoms with van der Waals surface area (Å²) in [5, 5.41) is 3.36. The fourth-order valence-corrected chi connectivity index (χ4v) is 2.38. The summed E-state index contributed by atoms with van der Waals surface area (Å²) in [4.78, 5) is 16.1. The van der Waals surface area contributed by atoms with Gasteiger partial charge in [0.05, 0.1) is 28.5 Å². The minimum absolute atomic E-state index is 0.308. The molecule has 0 spiro atoms. The summed E-state index contributed by atoms with van der Waals surface area (Å²) in [6.45, 7) is 2.61. The topological polar surface area (TPSA) is 51.2 Å². The number of nitrogens with one attached hydrogen (secondary N) is 1. The lowest BCUT2D eigenvalue weighted by Crippen LogP contribution is -2.12. The lowest BCUT2D eigenvalue weighted by molar-refractivity contribution is 0.102. The van der Waals surface area contributed by atoms with Crippen LogP contribution in [0.2, 0.25) is 10.0 Å². The van der Waals surface area contributed by atoms with Gasteiger partial charge in [0.15, 0.2) is 5.75 Å². The zero-order chi connectivity index (χ0) is 15.9. The Kier molecular flexibility index (Phi) is 6.04. The summed E-state index contributed by atoms with van der Waals surface area (Å²) in [7, 11) is 0. The molecule has 0 aliphatic carbocycles. The Labute approximate surface area is 139 Å². The lowest BCUT2D eigenvalue weighted by atomic mass is 10.2. The third kappa shape index (κ3) is 4.36. The number of rotatable bonds is 6. The summed E-state index contributed by atoms with van der Waals surface area (Å²) >= 11 is 12.3. The molecule has 6 heteroatoms. The Bertz CT molecular complexity index is 625. The molecule has 1 amide bonds. The first-order valence-corrected chi connectivity index (χ1v) is 7.70. The monoisotopic (exact) mass is 338 g/mol. The van der Waals surface area contributed by atoms with Crippen molar-refractivity contribution in [1.29, 1.82) is 0 Å². The molecule has 1 heterocycles. The second-order valence-corrected chi connectivity index (χ2v) is 5.48. The van der Waals surface area contributed by atoms with Gasteiger partial charge in [-0.05, 0) is 30.7 Å². The van der Waals surface area contributed by atoms with Gasteiger partial charge in [-0.25, -0.2) is 0 Å². The molecule has 22 heavy (non-hydrogen) atoms. The summed E-state index contributed by atoms with van der Waals surface area (Å²) < 4.78 is 5.56. The minimum Gasteiger partial charge on any atom is -0.490 e. The highest BCUT2D eigenvalue weighted by Gasteiger charge is 2.14. The van der Waals surface area contributed by atoms with Gasteiger partial charge in [-0.15, -0.1) is 0 Å². The van der Waals surface area contributed by atoms with Gasteiger partial charge in [-0.2, -0.15) is 0 Å². The molecule has 116 valence electrons. The number of benzene rings is 1. The SMILES string of the molecule is CCCCOc1c(Cl)cc(C(=O)Nc2cccnc2)cc1Cl. The number of pyridine rings is 1. The predicted octanol–water partition coefficient (Wildman–Crippen LogP) is 4.82. The van der Waals surface area contributed by atoms with Gasteiger partial charge in [-0.3, -0.25) is 9.78 Å². The second-order valence-electron chi connectivity index (χ2n) is 4.67. The van der Waals surface area contributed by atoms with E-state index in [1.807, 2.05) is 0 Å². The van der Waals surface area contributed by atoms with Crippen molar-refractivity contribution in [3.05, 3.63) is 52.3 Å². The number of hydrogen-bond donors (Lipinski definition) is 1. The van der Waals surface area contributed by atoms with Crippen LogP contribution in [0.5, 0.6) is 5.75 Å². The van der Waals surface area contributed by atoms with Gasteiger partial charge in [0.25, 0.3) is 5.91 Å². The largest absolute Gasteiger partial charge is 0.490 e. The number of carbonyl (C=O) groups excluding carboxylic acids is 1. The van der Waals surface area contributed by atoms with E-state index in [9.17, 15) is 4.79 Å². The summed E-state index contributed by atoms with van der Waals surface area (Å²) in [5.41, 5.74) is 0.963. The van der Waals surface area contributed by atoms with E-state index in [4.69, 9.17) is 27.9 Å². The van der Waals surface area contributed by atoms with Crippen LogP contribution in [0.15, 0.2) is 36.7 Å². The van der Waals surface area contributed by atoms with Crippen LogP contribution in [0, 0.1) is 0 Å². The van der Waals surface area contributed by atoms with E-state index in [-0.39, 0.29) is 5.91 Å². The summed E-state index contributed by atoms with van der Waals surface area (Å²) in [6.07, 6.45) is 5.12. The molecule has 1 N–H and O–H groups in total. The quantitative estimate of drug-likeness (QED) is 0.768. The van der Waals surface area contributed by atoms with E-state index >= 15 is 0 Å². The molecular formula is C16H16Cl2N2O2. The third-order valence-electron chi connectivity index (χ3n) is 2.92. The predicted molar refractivity (Wildman–Crippen MR) is 89.1 cm³/mol. The van der Waals surface area contributed by atoms with Crippen LogP contribution in [-0.4, -0.2) is 17.5 Å². The molecule has 1 aromatic heterocycles. The molecule has 0 atom stereocenters. The van der Waals surface area contributed by atoms with Gasteiger partial charge in [0.2, 0.25) is 0 Å². The average molecular weight is 339 g/mol. The third-order valence-corrected chi connectivity index (χ3v) is 3.49. The standard InChI is InChI=1S/C16H16Cl2N2O2/c1-2-3-7-22-15-13(17)8-11(9-14(15)18)16(21)20-12-5-4-6-19-10-12/h4-6,8-10H,2-3,7H2,1H3,(H,20,21). The molecule has 0 saturated carbocycles. The highest BCUT2D eigenvalue weighted by molar-refractivity contribution is 6.37. The number of ether oxygens (including phenoxy) is 1. The normalized spacial score (nSPS) is 10.3. The van der Waals surface area contributed by atoms with Crippen LogP contribution in [0.1, 0.15) is 30.1 Å². The number of halogens is 2. The molecule has 2 rings (SSSR count). The number of unbranched alkanes of at least 4 members (excludes halogenated alkanes) is 1. The minimum atomic E-state index is -0.308. The Morgan fingerprint density at radius 2 is 2.05 bits per heavy atom. The first-order valence-electron chi connectivity index (χ1n) is 6.95. The fraction of sp³-hybridized carbons (Fsp3) is 0.250. The van der Waals surface area contributed by atoms with Crippen LogP contribution in [-0.2, 0) is 0 Å². The maximum atomic E-state index is 12.2. The van der Waals surface area contributed by atoms with Crippen LogP contribution in [0.25, 0.3) is 0 Å². The molecule has 0 fully saturated rings. The molecule has 0 unspecified atom stereocenters. The first-order chi connectivity index (χ1) is 10.6. The Balaban J connectivity index is 2.13. The van der Waals surface area contributed by atoms with E-state index in [2.05, 4.69) is 17.2 Å². The van der Waals surface area contributed by atoms with Crippen molar-refractivity contribution >= 4 is 34.8 Å². The Hall–Kier alpha value is -1.78. The molecule has 0 aliphatic heterocycles. The van der Waals surface area contributed by atoms with Crippen LogP contribution < -0.4 is 10.1 Å². The number of amides is 1. The van der Waals surface area contributed by atoms with E-state index in [1.165, 1.54) is 0 Å². The first kappa shape index (κ1) is 16.6.